The summed E-state index contributed by atoms with van der Waals surface area (Å²) in [4.78, 5) is 10.8. The number of ether oxygens (including phenoxy) is 1. The Morgan fingerprint density at radius 2 is 2.17 bits per heavy atom. The summed E-state index contributed by atoms with van der Waals surface area (Å²) >= 11 is 0. The molecule has 2 N–H and O–H groups in total. The normalized spacial score (nSPS) is 10.6. The highest BCUT2D eigenvalue weighted by atomic mass is 16.5. The topological polar surface area (TPSA) is 64.3 Å². The molecule has 0 fully saturated rings. The fraction of sp³-hybridized carbons (Fsp3) is 0.692. The number of hydrogen-bond donors (Lipinski definition) is 1. The predicted octanol–water partition coefficient (Wildman–Crippen LogP) is 1.23. The summed E-state index contributed by atoms with van der Waals surface area (Å²) in [7, 11) is 1.71. The van der Waals surface area contributed by atoms with Crippen LogP contribution in [0.3, 0.4) is 0 Å². The van der Waals surface area contributed by atoms with Crippen molar-refractivity contribution < 1.29 is 4.74 Å². The van der Waals surface area contributed by atoms with Gasteiger partial charge in [0, 0.05) is 32.0 Å². The van der Waals surface area contributed by atoms with Gasteiger partial charge in [-0.2, -0.15) is 0 Å². The lowest BCUT2D eigenvalue weighted by atomic mass is 10.2. The zero-order valence-corrected chi connectivity index (χ0v) is 11.4. The fourth-order valence-electron chi connectivity index (χ4n) is 1.78. The van der Waals surface area contributed by atoms with E-state index in [1.165, 1.54) is 0 Å². The minimum Gasteiger partial charge on any atom is -0.383 e. The van der Waals surface area contributed by atoms with E-state index in [9.17, 15) is 0 Å². The molecular formula is C13H24N4O. The van der Waals surface area contributed by atoms with Crippen molar-refractivity contribution in [1.82, 2.24) is 9.97 Å². The molecule has 102 valence electrons. The Balaban J connectivity index is 2.72. The maximum Gasteiger partial charge on any atom is 0.132 e. The van der Waals surface area contributed by atoms with Crippen LogP contribution in [0.4, 0.5) is 5.82 Å². The van der Waals surface area contributed by atoms with Crippen molar-refractivity contribution in [2.24, 2.45) is 5.73 Å². The zero-order chi connectivity index (χ0) is 13.2. The van der Waals surface area contributed by atoms with Gasteiger partial charge in [-0.15, -0.1) is 0 Å². The van der Waals surface area contributed by atoms with E-state index in [0.717, 1.165) is 43.9 Å². The van der Waals surface area contributed by atoms with Crippen LogP contribution in [0.25, 0.3) is 0 Å². The van der Waals surface area contributed by atoms with E-state index in [1.807, 2.05) is 0 Å². The molecular weight excluding hydrogens is 228 g/mol. The molecule has 18 heavy (non-hydrogen) atoms. The highest BCUT2D eigenvalue weighted by molar-refractivity contribution is 5.38. The summed E-state index contributed by atoms with van der Waals surface area (Å²) < 4.78 is 5.14. The van der Waals surface area contributed by atoms with Crippen LogP contribution in [-0.2, 0) is 11.2 Å². The number of anilines is 1. The monoisotopic (exact) mass is 252 g/mol. The first-order chi connectivity index (χ1) is 8.81. The molecule has 0 atom stereocenters. The number of rotatable bonds is 9. The largest absolute Gasteiger partial charge is 0.383 e. The SMILES string of the molecule is CCCc1cc(N(CCCN)CCOC)ncn1. The number of hydrogen-bond acceptors (Lipinski definition) is 5. The van der Waals surface area contributed by atoms with Gasteiger partial charge in [-0.25, -0.2) is 9.97 Å². The number of aryl methyl sites for hydroxylation is 1. The summed E-state index contributed by atoms with van der Waals surface area (Å²) in [6.07, 6.45) is 4.68. The first kappa shape index (κ1) is 14.9. The van der Waals surface area contributed by atoms with Gasteiger partial charge in [0.05, 0.1) is 6.61 Å². The first-order valence-electron chi connectivity index (χ1n) is 6.56. The van der Waals surface area contributed by atoms with Crippen molar-refractivity contribution in [2.45, 2.75) is 26.2 Å². The van der Waals surface area contributed by atoms with Crippen LogP contribution in [0.1, 0.15) is 25.5 Å². The summed E-state index contributed by atoms with van der Waals surface area (Å²) in [6.45, 7) is 5.27. The van der Waals surface area contributed by atoms with Crippen molar-refractivity contribution in [3.05, 3.63) is 18.1 Å². The second kappa shape index (κ2) is 8.83. The molecule has 0 saturated heterocycles. The maximum atomic E-state index is 5.57. The summed E-state index contributed by atoms with van der Waals surface area (Å²) in [5.74, 6) is 0.971. The van der Waals surface area contributed by atoms with Gasteiger partial charge in [0.15, 0.2) is 0 Å². The smallest absolute Gasteiger partial charge is 0.132 e. The third kappa shape index (κ3) is 4.98. The second-order valence-electron chi connectivity index (χ2n) is 4.24. The Morgan fingerprint density at radius 3 is 2.83 bits per heavy atom. The molecule has 5 heteroatoms. The minimum atomic E-state index is 0.691. The molecule has 0 saturated carbocycles. The molecule has 0 radical (unpaired) electrons. The lowest BCUT2D eigenvalue weighted by Gasteiger charge is -2.23. The highest BCUT2D eigenvalue weighted by Crippen LogP contribution is 2.12. The number of methoxy groups -OCH3 is 1. The van der Waals surface area contributed by atoms with Crippen molar-refractivity contribution in [3.8, 4) is 0 Å². The molecule has 0 aliphatic carbocycles. The van der Waals surface area contributed by atoms with Crippen LogP contribution < -0.4 is 10.6 Å². The van der Waals surface area contributed by atoms with Gasteiger partial charge in [-0.1, -0.05) is 13.3 Å². The van der Waals surface area contributed by atoms with E-state index in [1.54, 1.807) is 13.4 Å². The number of aromatic nitrogens is 2. The lowest BCUT2D eigenvalue weighted by Crippen LogP contribution is -2.30. The van der Waals surface area contributed by atoms with Crippen molar-refractivity contribution >= 4 is 5.82 Å². The van der Waals surface area contributed by atoms with E-state index < -0.39 is 0 Å². The highest BCUT2D eigenvalue weighted by Gasteiger charge is 2.08. The molecule has 0 amide bonds. The van der Waals surface area contributed by atoms with Crippen LogP contribution in [-0.4, -0.2) is 43.3 Å². The molecule has 1 rings (SSSR count). The van der Waals surface area contributed by atoms with Crippen molar-refractivity contribution in [2.75, 3.05) is 38.3 Å². The van der Waals surface area contributed by atoms with Gasteiger partial charge in [-0.05, 0) is 19.4 Å². The average molecular weight is 252 g/mol. The van der Waals surface area contributed by atoms with Crippen LogP contribution >= 0.6 is 0 Å². The van der Waals surface area contributed by atoms with E-state index in [4.69, 9.17) is 10.5 Å². The Hall–Kier alpha value is -1.20. The quantitative estimate of drug-likeness (QED) is 0.716. The molecule has 0 unspecified atom stereocenters. The Kier molecular flexibility index (Phi) is 7.29. The van der Waals surface area contributed by atoms with Crippen LogP contribution in [0.5, 0.6) is 0 Å². The lowest BCUT2D eigenvalue weighted by molar-refractivity contribution is 0.205. The molecule has 1 heterocycles. The van der Waals surface area contributed by atoms with Gasteiger partial charge in [0.25, 0.3) is 0 Å². The molecule has 0 aliphatic rings. The van der Waals surface area contributed by atoms with E-state index in [0.29, 0.717) is 13.2 Å². The average Bonchev–Trinajstić information content (AvgIpc) is 2.40. The molecule has 0 spiro atoms. The number of nitrogens with two attached hydrogens (primary N) is 1. The minimum absolute atomic E-state index is 0.691. The molecule has 5 nitrogen and oxygen atoms in total. The summed E-state index contributed by atoms with van der Waals surface area (Å²) in [5.41, 5.74) is 6.67. The van der Waals surface area contributed by atoms with Gasteiger partial charge < -0.3 is 15.4 Å². The van der Waals surface area contributed by atoms with Crippen molar-refractivity contribution in [1.29, 1.82) is 0 Å². The standard InChI is InChI=1S/C13H24N4O/c1-3-5-12-10-13(16-11-15-12)17(7-4-6-14)8-9-18-2/h10-11H,3-9,14H2,1-2H3. The zero-order valence-electron chi connectivity index (χ0n) is 11.4. The van der Waals surface area contributed by atoms with Gasteiger partial charge in [0.1, 0.15) is 12.1 Å². The summed E-state index contributed by atoms with van der Waals surface area (Å²) in [6, 6.07) is 2.07. The maximum absolute atomic E-state index is 5.57. The van der Waals surface area contributed by atoms with Crippen LogP contribution in [0.15, 0.2) is 12.4 Å². The van der Waals surface area contributed by atoms with Gasteiger partial charge in [0.2, 0.25) is 0 Å². The van der Waals surface area contributed by atoms with Crippen molar-refractivity contribution in [3.63, 3.8) is 0 Å². The molecule has 1 aromatic rings. The molecule has 1 aromatic heterocycles. The van der Waals surface area contributed by atoms with Crippen LogP contribution in [0, 0.1) is 0 Å². The Bertz CT molecular complexity index is 325. The van der Waals surface area contributed by atoms with E-state index in [2.05, 4.69) is 27.9 Å². The fourth-order valence-corrected chi connectivity index (χ4v) is 1.78. The molecule has 0 bridgehead atoms. The Labute approximate surface area is 109 Å². The third-order valence-corrected chi connectivity index (χ3v) is 2.74. The predicted molar refractivity (Wildman–Crippen MR) is 73.8 cm³/mol. The Morgan fingerprint density at radius 1 is 1.33 bits per heavy atom. The van der Waals surface area contributed by atoms with E-state index >= 15 is 0 Å². The first-order valence-corrected chi connectivity index (χ1v) is 6.56. The van der Waals surface area contributed by atoms with Gasteiger partial charge in [-0.3, -0.25) is 0 Å². The number of nitrogens with zero attached hydrogens (tertiary/aromatic N) is 3. The van der Waals surface area contributed by atoms with E-state index in [-0.39, 0.29) is 0 Å². The molecule has 0 aliphatic heterocycles. The van der Waals surface area contributed by atoms with Crippen LogP contribution in [0.2, 0.25) is 0 Å². The third-order valence-electron chi connectivity index (χ3n) is 2.74. The van der Waals surface area contributed by atoms with Gasteiger partial charge >= 0.3 is 0 Å². The molecule has 0 aromatic carbocycles. The summed E-state index contributed by atoms with van der Waals surface area (Å²) in [5, 5.41) is 0. The second-order valence-corrected chi connectivity index (χ2v) is 4.24.